The first-order valence-corrected chi connectivity index (χ1v) is 9.98. The van der Waals surface area contributed by atoms with Crippen molar-refractivity contribution in [3.05, 3.63) is 75.2 Å². The van der Waals surface area contributed by atoms with Gasteiger partial charge in [0.1, 0.15) is 6.54 Å². The molecule has 1 aromatic heterocycles. The van der Waals surface area contributed by atoms with E-state index in [2.05, 4.69) is 10.4 Å². The van der Waals surface area contributed by atoms with Crippen LogP contribution in [0.15, 0.2) is 53.3 Å². The fraction of sp³-hybridized carbons (Fsp3) is 0.286. The second-order valence-electron chi connectivity index (χ2n) is 7.35. The van der Waals surface area contributed by atoms with E-state index in [4.69, 9.17) is 11.6 Å². The van der Waals surface area contributed by atoms with Crippen LogP contribution in [0.1, 0.15) is 30.0 Å². The summed E-state index contributed by atoms with van der Waals surface area (Å²) in [7, 11) is 0. The smallest absolute Gasteiger partial charge is 0.350 e. The molecule has 162 valence electrons. The lowest BCUT2D eigenvalue weighted by Crippen LogP contribution is -2.33. The van der Waals surface area contributed by atoms with Gasteiger partial charge in [-0.25, -0.2) is 9.48 Å². The number of hydrogen-bond acceptors (Lipinski definition) is 3. The Morgan fingerprint density at radius 3 is 2.58 bits per heavy atom. The molecule has 1 N–H and O–H groups in total. The second-order valence-corrected chi connectivity index (χ2v) is 7.79. The summed E-state index contributed by atoms with van der Waals surface area (Å²) in [5.41, 5.74) is -0.227. The van der Waals surface area contributed by atoms with Gasteiger partial charge in [0, 0.05) is 23.2 Å². The number of hydrogen-bond donors (Lipinski definition) is 1. The Kier molecular flexibility index (Phi) is 5.62. The summed E-state index contributed by atoms with van der Waals surface area (Å²) in [4.78, 5) is 25.2. The molecule has 0 saturated heterocycles. The van der Waals surface area contributed by atoms with E-state index in [0.29, 0.717) is 22.0 Å². The van der Waals surface area contributed by atoms with Crippen molar-refractivity contribution < 1.29 is 18.0 Å². The van der Waals surface area contributed by atoms with Crippen LogP contribution >= 0.6 is 11.6 Å². The summed E-state index contributed by atoms with van der Waals surface area (Å²) >= 11 is 6.06. The van der Waals surface area contributed by atoms with Crippen molar-refractivity contribution in [2.75, 3.05) is 0 Å². The van der Waals surface area contributed by atoms with Gasteiger partial charge >= 0.3 is 11.9 Å². The molecule has 0 aliphatic heterocycles. The Morgan fingerprint density at radius 1 is 1.16 bits per heavy atom. The van der Waals surface area contributed by atoms with E-state index in [1.807, 2.05) is 0 Å². The van der Waals surface area contributed by atoms with Crippen LogP contribution < -0.4 is 11.0 Å². The van der Waals surface area contributed by atoms with Gasteiger partial charge < -0.3 is 5.32 Å². The van der Waals surface area contributed by atoms with Gasteiger partial charge in [0.15, 0.2) is 5.82 Å². The first kappa shape index (κ1) is 21.2. The minimum atomic E-state index is -4.46. The fourth-order valence-corrected chi connectivity index (χ4v) is 3.45. The van der Waals surface area contributed by atoms with Crippen LogP contribution in [-0.2, 0) is 24.1 Å². The normalized spacial score (nSPS) is 13.9. The highest BCUT2D eigenvalue weighted by Crippen LogP contribution is 2.36. The molecule has 31 heavy (non-hydrogen) atoms. The van der Waals surface area contributed by atoms with Crippen LogP contribution in [0.3, 0.4) is 0 Å². The number of amides is 1. The number of rotatable bonds is 6. The summed E-state index contributed by atoms with van der Waals surface area (Å²) in [6, 6.07) is 11.7. The molecule has 4 rings (SSSR count). The maximum absolute atomic E-state index is 12.8. The number of benzene rings is 2. The minimum absolute atomic E-state index is 0.0309. The molecule has 0 atom stereocenters. The average Bonchev–Trinajstić information content (AvgIpc) is 3.50. The van der Waals surface area contributed by atoms with Crippen LogP contribution in [0.4, 0.5) is 13.2 Å². The van der Waals surface area contributed by atoms with Gasteiger partial charge in [0.2, 0.25) is 5.91 Å². The molecular weight excluding hydrogens is 433 g/mol. The number of nitrogens with one attached hydrogen (secondary N) is 1. The van der Waals surface area contributed by atoms with Gasteiger partial charge in [0.05, 0.1) is 5.56 Å². The van der Waals surface area contributed by atoms with Gasteiger partial charge in [-0.15, -0.1) is 5.10 Å². The summed E-state index contributed by atoms with van der Waals surface area (Å²) in [6.07, 6.45) is -2.76. The minimum Gasteiger partial charge on any atom is -0.350 e. The quantitative estimate of drug-likeness (QED) is 0.616. The lowest BCUT2D eigenvalue weighted by Gasteiger charge is -2.09. The van der Waals surface area contributed by atoms with Crippen LogP contribution in [0.5, 0.6) is 0 Å². The number of carbonyl (C=O) groups is 1. The van der Waals surface area contributed by atoms with Crippen molar-refractivity contribution in [3.8, 4) is 11.4 Å². The molecule has 3 aromatic rings. The average molecular weight is 451 g/mol. The van der Waals surface area contributed by atoms with E-state index in [-0.39, 0.29) is 19.1 Å². The van der Waals surface area contributed by atoms with Crippen LogP contribution in [0.2, 0.25) is 5.02 Å². The molecule has 10 heteroatoms. The fourth-order valence-electron chi connectivity index (χ4n) is 3.26. The highest BCUT2D eigenvalue weighted by Gasteiger charge is 2.31. The monoisotopic (exact) mass is 450 g/mol. The Balaban J connectivity index is 1.50. The zero-order valence-corrected chi connectivity index (χ0v) is 17.0. The summed E-state index contributed by atoms with van der Waals surface area (Å²) in [5, 5.41) is 7.36. The maximum Gasteiger partial charge on any atom is 0.416 e. The zero-order chi connectivity index (χ0) is 22.2. The molecular formula is C21H18ClF3N4O2. The predicted octanol–water partition coefficient (Wildman–Crippen LogP) is 4.04. The predicted molar refractivity (Wildman–Crippen MR) is 108 cm³/mol. The van der Waals surface area contributed by atoms with E-state index >= 15 is 0 Å². The largest absolute Gasteiger partial charge is 0.416 e. The van der Waals surface area contributed by atoms with Gasteiger partial charge in [0.25, 0.3) is 0 Å². The van der Waals surface area contributed by atoms with E-state index < -0.39 is 23.3 Å². The second kappa shape index (κ2) is 8.22. The van der Waals surface area contributed by atoms with Crippen LogP contribution in [0, 0.1) is 0 Å². The molecule has 2 aromatic carbocycles. The van der Waals surface area contributed by atoms with Crippen LogP contribution in [-0.4, -0.2) is 20.3 Å². The molecule has 0 bridgehead atoms. The molecule has 1 heterocycles. The lowest BCUT2D eigenvalue weighted by atomic mass is 10.1. The van der Waals surface area contributed by atoms with Gasteiger partial charge in [-0.05, 0) is 42.7 Å². The van der Waals surface area contributed by atoms with Crippen molar-refractivity contribution in [2.45, 2.75) is 38.1 Å². The SMILES string of the molecule is O=C(Cn1nc(-c2cccc(Cl)c2)n(C2CC2)c1=O)NCc1cccc(C(F)(F)F)c1. The topological polar surface area (TPSA) is 68.9 Å². The summed E-state index contributed by atoms with van der Waals surface area (Å²) in [6.45, 7) is -0.437. The van der Waals surface area contributed by atoms with Crippen molar-refractivity contribution >= 4 is 17.5 Å². The summed E-state index contributed by atoms with van der Waals surface area (Å²) in [5.74, 6) is -0.0988. The zero-order valence-electron chi connectivity index (χ0n) is 16.2. The molecule has 1 fully saturated rings. The van der Waals surface area contributed by atoms with Gasteiger partial charge in [-0.3, -0.25) is 9.36 Å². The lowest BCUT2D eigenvalue weighted by molar-refractivity contribution is -0.137. The van der Waals surface area contributed by atoms with E-state index in [1.165, 1.54) is 12.1 Å². The molecule has 1 aliphatic rings. The van der Waals surface area contributed by atoms with E-state index in [0.717, 1.165) is 29.7 Å². The molecule has 1 saturated carbocycles. The molecule has 0 spiro atoms. The third-order valence-corrected chi connectivity index (χ3v) is 5.14. The van der Waals surface area contributed by atoms with E-state index in [1.54, 1.807) is 28.8 Å². The maximum atomic E-state index is 12.8. The molecule has 6 nitrogen and oxygen atoms in total. The van der Waals surface area contributed by atoms with Crippen molar-refractivity contribution in [1.82, 2.24) is 19.7 Å². The van der Waals surface area contributed by atoms with E-state index in [9.17, 15) is 22.8 Å². The first-order valence-electron chi connectivity index (χ1n) is 9.60. The Bertz CT molecular complexity index is 1180. The Labute approximate surface area is 180 Å². The highest BCUT2D eigenvalue weighted by molar-refractivity contribution is 6.30. The third-order valence-electron chi connectivity index (χ3n) is 4.90. The molecule has 1 aliphatic carbocycles. The Hall–Kier alpha value is -3.07. The molecule has 0 unspecified atom stereocenters. The van der Waals surface area contributed by atoms with Crippen molar-refractivity contribution in [1.29, 1.82) is 0 Å². The first-order chi connectivity index (χ1) is 14.7. The number of aromatic nitrogens is 3. The van der Waals surface area contributed by atoms with Crippen LogP contribution in [0.25, 0.3) is 11.4 Å². The summed E-state index contributed by atoms with van der Waals surface area (Å²) < 4.78 is 41.1. The number of halogens is 4. The molecule has 1 amide bonds. The molecule has 0 radical (unpaired) electrons. The highest BCUT2D eigenvalue weighted by atomic mass is 35.5. The number of alkyl halides is 3. The standard InChI is InChI=1S/C21H18ClF3N4O2/c22-16-6-2-4-14(10-16)19-27-28(20(31)29(19)17-7-8-17)12-18(30)26-11-13-3-1-5-15(9-13)21(23,24)25/h1-6,9-10,17H,7-8,11-12H2,(H,26,30). The third kappa shape index (κ3) is 4.82. The van der Waals surface area contributed by atoms with Gasteiger partial charge in [-0.2, -0.15) is 13.2 Å². The number of carbonyl (C=O) groups excluding carboxylic acids is 1. The van der Waals surface area contributed by atoms with Gasteiger partial charge in [-0.1, -0.05) is 35.9 Å². The number of nitrogens with zero attached hydrogens (tertiary/aromatic N) is 3. The van der Waals surface area contributed by atoms with Crippen molar-refractivity contribution in [3.63, 3.8) is 0 Å². The van der Waals surface area contributed by atoms with Crippen molar-refractivity contribution in [2.24, 2.45) is 0 Å². The Morgan fingerprint density at radius 2 is 1.90 bits per heavy atom.